The van der Waals surface area contributed by atoms with E-state index in [-0.39, 0.29) is 6.42 Å². The largest absolute Gasteiger partial charge is 0.389 e. The molecular formula is C10H20F3NS. The van der Waals surface area contributed by atoms with Gasteiger partial charge in [-0.15, -0.1) is 0 Å². The summed E-state index contributed by atoms with van der Waals surface area (Å²) in [6, 6.07) is 0. The van der Waals surface area contributed by atoms with Gasteiger partial charge >= 0.3 is 6.18 Å². The highest BCUT2D eigenvalue weighted by atomic mass is 32.2. The van der Waals surface area contributed by atoms with Gasteiger partial charge in [-0.25, -0.2) is 0 Å². The summed E-state index contributed by atoms with van der Waals surface area (Å²) >= 11 is 1.82. The molecule has 0 aliphatic heterocycles. The first kappa shape index (κ1) is 15.1. The van der Waals surface area contributed by atoms with Gasteiger partial charge in [0.15, 0.2) is 0 Å². The number of hydrogen-bond donors (Lipinski definition) is 1. The lowest BCUT2D eigenvalue weighted by atomic mass is 10.2. The first-order valence-electron chi connectivity index (χ1n) is 5.32. The average Bonchev–Trinajstić information content (AvgIpc) is 2.14. The van der Waals surface area contributed by atoms with Crippen LogP contribution < -0.4 is 5.32 Å². The quantitative estimate of drug-likeness (QED) is 0.622. The molecule has 0 heterocycles. The minimum absolute atomic E-state index is 0.237. The number of rotatable bonds is 9. The number of halogens is 3. The van der Waals surface area contributed by atoms with E-state index in [2.05, 4.69) is 11.6 Å². The molecule has 0 radical (unpaired) electrons. The molecule has 0 saturated carbocycles. The summed E-state index contributed by atoms with van der Waals surface area (Å²) in [7, 11) is 0. The Morgan fingerprint density at radius 3 is 2.13 bits per heavy atom. The van der Waals surface area contributed by atoms with Crippen LogP contribution in [0.3, 0.4) is 0 Å². The van der Waals surface area contributed by atoms with Crippen molar-refractivity contribution in [2.24, 2.45) is 0 Å². The molecule has 0 aromatic heterocycles. The zero-order valence-electron chi connectivity index (χ0n) is 9.20. The van der Waals surface area contributed by atoms with Crippen molar-refractivity contribution in [2.45, 2.75) is 38.3 Å². The van der Waals surface area contributed by atoms with Crippen molar-refractivity contribution in [1.29, 1.82) is 0 Å². The molecule has 5 heteroatoms. The second kappa shape index (κ2) is 9.33. The van der Waals surface area contributed by atoms with Gasteiger partial charge in [-0.1, -0.05) is 0 Å². The van der Waals surface area contributed by atoms with Gasteiger partial charge in [0.2, 0.25) is 0 Å². The Balaban J connectivity index is 2.99. The highest BCUT2D eigenvalue weighted by molar-refractivity contribution is 7.98. The molecule has 0 rings (SSSR count). The molecule has 92 valence electrons. The Hall–Kier alpha value is 0.100. The van der Waals surface area contributed by atoms with Crippen LogP contribution in [0.5, 0.6) is 0 Å². The van der Waals surface area contributed by atoms with E-state index in [1.165, 1.54) is 6.42 Å². The number of alkyl halides is 3. The fraction of sp³-hybridized carbons (Fsp3) is 1.00. The first-order valence-corrected chi connectivity index (χ1v) is 6.72. The molecular weight excluding hydrogens is 223 g/mol. The minimum Gasteiger partial charge on any atom is -0.317 e. The molecule has 0 fully saturated rings. The Morgan fingerprint density at radius 2 is 1.60 bits per heavy atom. The molecule has 0 atom stereocenters. The predicted octanol–water partition coefficient (Wildman–Crippen LogP) is 3.45. The van der Waals surface area contributed by atoms with Gasteiger partial charge in [-0.3, -0.25) is 0 Å². The van der Waals surface area contributed by atoms with Crippen molar-refractivity contribution in [3.8, 4) is 0 Å². The summed E-state index contributed by atoms with van der Waals surface area (Å²) in [5.41, 5.74) is 0. The van der Waals surface area contributed by atoms with Crippen molar-refractivity contribution in [2.75, 3.05) is 25.1 Å². The van der Waals surface area contributed by atoms with E-state index in [1.54, 1.807) is 0 Å². The summed E-state index contributed by atoms with van der Waals surface area (Å²) in [6.45, 7) is 1.63. The van der Waals surface area contributed by atoms with E-state index < -0.39 is 12.6 Å². The fourth-order valence-corrected chi connectivity index (χ4v) is 1.69. The van der Waals surface area contributed by atoms with Gasteiger partial charge in [0, 0.05) is 6.42 Å². The van der Waals surface area contributed by atoms with Gasteiger partial charge in [0.05, 0.1) is 0 Å². The lowest BCUT2D eigenvalue weighted by molar-refractivity contribution is -0.135. The maximum atomic E-state index is 11.7. The van der Waals surface area contributed by atoms with Crippen LogP contribution in [0, 0.1) is 0 Å². The lowest BCUT2D eigenvalue weighted by Gasteiger charge is -2.06. The minimum atomic E-state index is -3.99. The monoisotopic (exact) mass is 243 g/mol. The zero-order chi connectivity index (χ0) is 11.6. The number of nitrogens with one attached hydrogen (secondary N) is 1. The van der Waals surface area contributed by atoms with Gasteiger partial charge in [0.25, 0.3) is 0 Å². The maximum absolute atomic E-state index is 11.7. The summed E-state index contributed by atoms with van der Waals surface area (Å²) in [5, 5.41) is 3.15. The van der Waals surface area contributed by atoms with E-state index in [9.17, 15) is 13.2 Å². The smallest absolute Gasteiger partial charge is 0.317 e. The van der Waals surface area contributed by atoms with Crippen molar-refractivity contribution >= 4 is 11.8 Å². The van der Waals surface area contributed by atoms with Crippen LogP contribution in [0.4, 0.5) is 13.2 Å². The van der Waals surface area contributed by atoms with Crippen molar-refractivity contribution in [3.05, 3.63) is 0 Å². The third kappa shape index (κ3) is 14.1. The van der Waals surface area contributed by atoms with Crippen molar-refractivity contribution in [1.82, 2.24) is 5.32 Å². The maximum Gasteiger partial charge on any atom is 0.389 e. The number of thioether (sulfide) groups is 1. The Labute approximate surface area is 94.2 Å². The van der Waals surface area contributed by atoms with Gasteiger partial charge in [-0.05, 0) is 50.8 Å². The van der Waals surface area contributed by atoms with Crippen LogP contribution in [0.2, 0.25) is 0 Å². The van der Waals surface area contributed by atoms with E-state index in [0.29, 0.717) is 13.0 Å². The normalized spacial score (nSPS) is 12.0. The summed E-state index contributed by atoms with van der Waals surface area (Å²) in [6.07, 6.45) is 0.574. The topological polar surface area (TPSA) is 12.0 Å². The van der Waals surface area contributed by atoms with Crippen molar-refractivity contribution in [3.63, 3.8) is 0 Å². The predicted molar refractivity (Wildman–Crippen MR) is 60.4 cm³/mol. The molecule has 0 amide bonds. The molecule has 0 aliphatic carbocycles. The lowest BCUT2D eigenvalue weighted by Crippen LogP contribution is -2.17. The molecule has 0 spiro atoms. The second-order valence-corrected chi connectivity index (χ2v) is 4.51. The van der Waals surface area contributed by atoms with Crippen LogP contribution in [0.15, 0.2) is 0 Å². The first-order chi connectivity index (χ1) is 7.06. The third-order valence-electron chi connectivity index (χ3n) is 2.02. The Morgan fingerprint density at radius 1 is 1.00 bits per heavy atom. The van der Waals surface area contributed by atoms with Gasteiger partial charge in [0.1, 0.15) is 0 Å². The summed E-state index contributed by atoms with van der Waals surface area (Å²) in [5.74, 6) is 1.16. The summed E-state index contributed by atoms with van der Waals surface area (Å²) in [4.78, 5) is 0. The van der Waals surface area contributed by atoms with E-state index in [0.717, 1.165) is 18.7 Å². The third-order valence-corrected chi connectivity index (χ3v) is 2.71. The van der Waals surface area contributed by atoms with E-state index in [1.807, 2.05) is 11.8 Å². The molecule has 1 nitrogen and oxygen atoms in total. The SMILES string of the molecule is CSCCCCNCCCCC(F)(F)F. The van der Waals surface area contributed by atoms with Gasteiger partial charge in [-0.2, -0.15) is 24.9 Å². The summed E-state index contributed by atoms with van der Waals surface area (Å²) < 4.78 is 35.2. The van der Waals surface area contributed by atoms with Crippen molar-refractivity contribution < 1.29 is 13.2 Å². The van der Waals surface area contributed by atoms with Gasteiger partial charge < -0.3 is 5.32 Å². The molecule has 0 saturated heterocycles. The highest BCUT2D eigenvalue weighted by Crippen LogP contribution is 2.21. The Bertz CT molecular complexity index is 139. The number of hydrogen-bond acceptors (Lipinski definition) is 2. The van der Waals surface area contributed by atoms with Crippen LogP contribution >= 0.6 is 11.8 Å². The highest BCUT2D eigenvalue weighted by Gasteiger charge is 2.25. The van der Waals surface area contributed by atoms with Crippen LogP contribution in [0.25, 0.3) is 0 Å². The number of unbranched alkanes of at least 4 members (excludes halogenated alkanes) is 2. The standard InChI is InChI=1S/C10H20F3NS/c1-15-9-5-4-8-14-7-3-2-6-10(11,12)13/h14H,2-9H2,1H3. The molecule has 0 unspecified atom stereocenters. The average molecular weight is 243 g/mol. The molecule has 1 N–H and O–H groups in total. The molecule has 0 aliphatic rings. The molecule has 0 bridgehead atoms. The van der Waals surface area contributed by atoms with E-state index in [4.69, 9.17) is 0 Å². The van der Waals surface area contributed by atoms with E-state index >= 15 is 0 Å². The Kier molecular flexibility index (Phi) is 9.40. The van der Waals surface area contributed by atoms with Crippen LogP contribution in [-0.2, 0) is 0 Å². The fourth-order valence-electron chi connectivity index (χ4n) is 1.20. The van der Waals surface area contributed by atoms with Crippen LogP contribution in [0.1, 0.15) is 32.1 Å². The molecule has 0 aromatic rings. The second-order valence-electron chi connectivity index (χ2n) is 3.52. The van der Waals surface area contributed by atoms with Crippen LogP contribution in [-0.4, -0.2) is 31.3 Å². The molecule has 15 heavy (non-hydrogen) atoms. The zero-order valence-corrected chi connectivity index (χ0v) is 10.0. The molecule has 0 aromatic carbocycles.